The second kappa shape index (κ2) is 12.0. The summed E-state index contributed by atoms with van der Waals surface area (Å²) < 4.78 is 48.8. The third kappa shape index (κ3) is 9.64. The van der Waals surface area contributed by atoms with Crippen molar-refractivity contribution in [2.45, 2.75) is 76.7 Å². The molecule has 0 aromatic heterocycles. The van der Waals surface area contributed by atoms with Gasteiger partial charge in [0.25, 0.3) is 0 Å². The molecule has 0 radical (unpaired) electrons. The third-order valence-corrected chi connectivity index (χ3v) is 11.3. The van der Waals surface area contributed by atoms with Crippen LogP contribution in [0.5, 0.6) is 5.75 Å². The van der Waals surface area contributed by atoms with Gasteiger partial charge in [0.2, 0.25) is 0 Å². The molecule has 1 saturated heterocycles. The molecule has 1 N–H and O–H groups in total. The Labute approximate surface area is 212 Å². The van der Waals surface area contributed by atoms with Crippen molar-refractivity contribution in [2.24, 2.45) is 5.92 Å². The first kappa shape index (κ1) is 30.6. The largest absolute Gasteiger partial charge is 0.573 e. The number of hydrogen-bond acceptors (Lipinski definition) is 4. The fraction of sp³-hybridized carbons (Fsp3) is 0.739. The summed E-state index contributed by atoms with van der Waals surface area (Å²) in [5, 5.41) is 3.77. The lowest BCUT2D eigenvalue weighted by Crippen LogP contribution is -2.44. The van der Waals surface area contributed by atoms with E-state index >= 15 is 0 Å². The van der Waals surface area contributed by atoms with E-state index in [0.29, 0.717) is 5.92 Å². The van der Waals surface area contributed by atoms with Crippen molar-refractivity contribution in [1.29, 1.82) is 0 Å². The van der Waals surface area contributed by atoms with Crippen molar-refractivity contribution >= 4 is 35.3 Å². The molecule has 0 unspecified atom stereocenters. The van der Waals surface area contributed by atoms with Crippen LogP contribution in [-0.2, 0) is 4.43 Å². The quantitative estimate of drug-likeness (QED) is 0.403. The number of likely N-dealkylation sites (tertiary alicyclic amines) is 1. The zero-order chi connectivity index (χ0) is 22.9. The molecule has 2 fully saturated rings. The van der Waals surface area contributed by atoms with E-state index in [1.807, 2.05) is 6.07 Å². The first-order valence-corrected chi connectivity index (χ1v) is 14.2. The highest BCUT2D eigenvalue weighted by Gasteiger charge is 2.40. The summed E-state index contributed by atoms with van der Waals surface area (Å²) in [5.41, 5.74) is 0.830. The number of ether oxygens (including phenoxy) is 1. The van der Waals surface area contributed by atoms with Gasteiger partial charge in [-0.1, -0.05) is 32.9 Å². The first-order valence-electron chi connectivity index (χ1n) is 11.3. The van der Waals surface area contributed by atoms with Gasteiger partial charge in [-0.05, 0) is 67.6 Å². The second-order valence-electron chi connectivity index (χ2n) is 10.6. The average molecular weight is 527 g/mol. The number of nitrogens with one attached hydrogen (secondary N) is 1. The van der Waals surface area contributed by atoms with Gasteiger partial charge >= 0.3 is 6.36 Å². The van der Waals surface area contributed by atoms with Gasteiger partial charge in [0.15, 0.2) is 8.32 Å². The molecule has 3 rings (SSSR count). The number of benzene rings is 1. The van der Waals surface area contributed by atoms with E-state index in [0.717, 1.165) is 38.2 Å². The summed E-state index contributed by atoms with van der Waals surface area (Å²) >= 11 is 0. The van der Waals surface area contributed by atoms with Crippen molar-refractivity contribution in [1.82, 2.24) is 10.2 Å². The van der Waals surface area contributed by atoms with Crippen LogP contribution in [0.25, 0.3) is 0 Å². The molecule has 2 aliphatic rings. The SMILES string of the molecule is CC(C)(C)[Si](C)(C)O[C@@H]1CCN(C[C@@H](NCC2CC2)c2cccc(OC(F)(F)F)c2)C1.S.S. The smallest absolute Gasteiger partial charge is 0.413 e. The molecule has 1 heterocycles. The monoisotopic (exact) mass is 526 g/mol. The second-order valence-corrected chi connectivity index (χ2v) is 15.3. The third-order valence-electron chi connectivity index (χ3n) is 6.78. The molecule has 10 heteroatoms. The van der Waals surface area contributed by atoms with Gasteiger partial charge in [-0.25, -0.2) is 0 Å². The van der Waals surface area contributed by atoms with Gasteiger partial charge in [-0.2, -0.15) is 27.0 Å². The Bertz CT molecular complexity index is 743. The number of hydrogen-bond donors (Lipinski definition) is 1. The lowest BCUT2D eigenvalue weighted by molar-refractivity contribution is -0.274. The van der Waals surface area contributed by atoms with E-state index in [9.17, 15) is 13.2 Å². The van der Waals surface area contributed by atoms with E-state index < -0.39 is 14.7 Å². The van der Waals surface area contributed by atoms with Crippen molar-refractivity contribution in [3.63, 3.8) is 0 Å². The minimum Gasteiger partial charge on any atom is -0.413 e. The predicted molar refractivity (Wildman–Crippen MR) is 140 cm³/mol. The van der Waals surface area contributed by atoms with Crippen LogP contribution in [0, 0.1) is 5.92 Å². The van der Waals surface area contributed by atoms with E-state index in [1.54, 1.807) is 6.07 Å². The Hall–Kier alpha value is -0.393. The fourth-order valence-electron chi connectivity index (χ4n) is 3.76. The molecule has 2 atom stereocenters. The van der Waals surface area contributed by atoms with Crippen molar-refractivity contribution in [2.75, 3.05) is 26.2 Å². The Morgan fingerprint density at radius 3 is 2.36 bits per heavy atom. The lowest BCUT2D eigenvalue weighted by atomic mass is 10.1. The van der Waals surface area contributed by atoms with Gasteiger partial charge < -0.3 is 14.5 Å². The van der Waals surface area contributed by atoms with Gasteiger partial charge in [0, 0.05) is 25.7 Å². The highest BCUT2D eigenvalue weighted by atomic mass is 32.1. The molecule has 1 aliphatic carbocycles. The Balaban J connectivity index is 0.00000272. The van der Waals surface area contributed by atoms with Gasteiger partial charge in [0.1, 0.15) is 5.75 Å². The molecule has 0 spiro atoms. The molecule has 0 amide bonds. The maximum atomic E-state index is 12.7. The summed E-state index contributed by atoms with van der Waals surface area (Å²) in [6.45, 7) is 14.8. The lowest BCUT2D eigenvalue weighted by Gasteiger charge is -2.38. The Morgan fingerprint density at radius 2 is 1.79 bits per heavy atom. The number of alkyl halides is 3. The van der Waals surface area contributed by atoms with Crippen LogP contribution < -0.4 is 10.1 Å². The normalized spacial score (nSPS) is 20.7. The number of rotatable bonds is 9. The summed E-state index contributed by atoms with van der Waals surface area (Å²) in [6.07, 6.45) is -1.01. The summed E-state index contributed by atoms with van der Waals surface area (Å²) in [4.78, 5) is 2.37. The van der Waals surface area contributed by atoms with Crippen molar-refractivity contribution in [3.05, 3.63) is 29.8 Å². The first-order chi connectivity index (χ1) is 14.3. The van der Waals surface area contributed by atoms with Gasteiger partial charge in [-0.3, -0.25) is 4.90 Å². The molecular formula is C23H41F3N2O2S2Si. The molecule has 1 saturated carbocycles. The highest BCUT2D eigenvalue weighted by molar-refractivity contribution is 7.59. The molecule has 0 bridgehead atoms. The Kier molecular flexibility index (Phi) is 11.2. The zero-order valence-electron chi connectivity index (χ0n) is 20.4. The topological polar surface area (TPSA) is 33.7 Å². The molecule has 1 aromatic carbocycles. The van der Waals surface area contributed by atoms with E-state index in [1.165, 1.54) is 25.0 Å². The minimum absolute atomic E-state index is 0. The van der Waals surface area contributed by atoms with Crippen LogP contribution in [0.2, 0.25) is 18.1 Å². The maximum absolute atomic E-state index is 12.7. The van der Waals surface area contributed by atoms with E-state index in [4.69, 9.17) is 4.43 Å². The summed E-state index contributed by atoms with van der Waals surface area (Å²) in [6, 6.07) is 6.35. The van der Waals surface area contributed by atoms with Crippen LogP contribution in [0.1, 0.15) is 51.6 Å². The summed E-state index contributed by atoms with van der Waals surface area (Å²) in [5.74, 6) is 0.522. The maximum Gasteiger partial charge on any atom is 0.573 e. The molecular weight excluding hydrogens is 485 g/mol. The minimum atomic E-state index is -4.68. The summed E-state index contributed by atoms with van der Waals surface area (Å²) in [7, 11) is -1.82. The molecule has 1 aromatic rings. The number of halogens is 3. The van der Waals surface area contributed by atoms with Crippen LogP contribution in [-0.4, -0.2) is 51.9 Å². The van der Waals surface area contributed by atoms with E-state index in [-0.39, 0.29) is 49.9 Å². The molecule has 192 valence electrons. The molecule has 1 aliphatic heterocycles. The van der Waals surface area contributed by atoms with Crippen molar-refractivity contribution < 1.29 is 22.3 Å². The molecule has 33 heavy (non-hydrogen) atoms. The van der Waals surface area contributed by atoms with Gasteiger partial charge in [-0.15, -0.1) is 13.2 Å². The number of nitrogens with zero attached hydrogens (tertiary/aromatic N) is 1. The van der Waals surface area contributed by atoms with Crippen molar-refractivity contribution in [3.8, 4) is 5.75 Å². The van der Waals surface area contributed by atoms with Gasteiger partial charge in [0.05, 0.1) is 6.10 Å². The van der Waals surface area contributed by atoms with Crippen LogP contribution in [0.4, 0.5) is 13.2 Å². The van der Waals surface area contributed by atoms with Crippen LogP contribution in [0.3, 0.4) is 0 Å². The molecule has 4 nitrogen and oxygen atoms in total. The highest BCUT2D eigenvalue weighted by Crippen LogP contribution is 2.38. The van der Waals surface area contributed by atoms with E-state index in [2.05, 4.69) is 48.8 Å². The van der Waals surface area contributed by atoms with Crippen LogP contribution in [0.15, 0.2) is 24.3 Å². The zero-order valence-corrected chi connectivity index (χ0v) is 23.4. The Morgan fingerprint density at radius 1 is 1.12 bits per heavy atom. The predicted octanol–water partition coefficient (Wildman–Crippen LogP) is 5.95. The average Bonchev–Trinajstić information content (AvgIpc) is 3.35. The van der Waals surface area contributed by atoms with Crippen LogP contribution >= 0.6 is 27.0 Å². The standard InChI is InChI=1S/C23H37F3N2O2Si.2H2S/c1-22(2,3)31(4,5)30-20-11-12-28(15-20)16-21(27-14-17-9-10-17)18-7-6-8-19(13-18)29-23(24,25)26;;/h6-8,13,17,20-21,27H,9-12,14-16H2,1-5H3;2*1H2/t20-,21-;;/m1../s1. The fourth-order valence-corrected chi connectivity index (χ4v) is 5.14.